The van der Waals surface area contributed by atoms with Gasteiger partial charge in [-0.1, -0.05) is 18.6 Å². The Morgan fingerprint density at radius 2 is 1.78 bits per heavy atom. The van der Waals surface area contributed by atoms with Crippen LogP contribution < -0.4 is 10.1 Å². The van der Waals surface area contributed by atoms with E-state index in [2.05, 4.69) is 5.32 Å². The molecule has 174 valence electrons. The molecule has 2 aromatic rings. The molecular weight excluding hydrogens is 432 g/mol. The molecule has 3 rings (SSSR count). The molecule has 10 heteroatoms. The van der Waals surface area contributed by atoms with Crippen molar-refractivity contribution in [2.24, 2.45) is 0 Å². The number of nitro groups is 1. The summed E-state index contributed by atoms with van der Waals surface area (Å²) in [5.74, 6) is 0.750. The van der Waals surface area contributed by atoms with Gasteiger partial charge in [0.15, 0.2) is 0 Å². The van der Waals surface area contributed by atoms with E-state index in [1.54, 1.807) is 7.11 Å². The Kier molecular flexibility index (Phi) is 7.70. The zero-order chi connectivity index (χ0) is 23.3. The lowest BCUT2D eigenvalue weighted by molar-refractivity contribution is -0.384. The van der Waals surface area contributed by atoms with E-state index >= 15 is 0 Å². The molecule has 1 aliphatic heterocycles. The molecule has 0 spiro atoms. The largest absolute Gasteiger partial charge is 0.497 e. The summed E-state index contributed by atoms with van der Waals surface area (Å²) in [4.78, 5) is 13.1. The monoisotopic (exact) mass is 462 g/mol. The van der Waals surface area contributed by atoms with Gasteiger partial charge in [0.25, 0.3) is 5.69 Å². The van der Waals surface area contributed by atoms with Crippen LogP contribution in [0.5, 0.6) is 5.75 Å². The first-order valence-electron chi connectivity index (χ1n) is 10.6. The van der Waals surface area contributed by atoms with Gasteiger partial charge in [0.2, 0.25) is 10.0 Å². The first kappa shape index (κ1) is 24.0. The van der Waals surface area contributed by atoms with Crippen LogP contribution in [-0.2, 0) is 10.0 Å². The minimum atomic E-state index is -3.75. The number of nitro benzene ring substituents is 1. The number of anilines is 1. The number of methoxy groups -OCH3 is 1. The summed E-state index contributed by atoms with van der Waals surface area (Å²) in [6, 6.07) is 11.7. The van der Waals surface area contributed by atoms with E-state index in [9.17, 15) is 18.5 Å². The molecule has 0 aliphatic carbocycles. The molecule has 1 saturated heterocycles. The van der Waals surface area contributed by atoms with Crippen LogP contribution >= 0.6 is 0 Å². The number of nitrogens with zero attached hydrogens (tertiary/aromatic N) is 3. The molecule has 0 bridgehead atoms. The topological polar surface area (TPSA) is 105 Å². The Morgan fingerprint density at radius 3 is 2.34 bits per heavy atom. The van der Waals surface area contributed by atoms with E-state index in [-0.39, 0.29) is 22.3 Å². The van der Waals surface area contributed by atoms with Crippen LogP contribution in [0.25, 0.3) is 0 Å². The van der Waals surface area contributed by atoms with Crippen LogP contribution in [0, 0.1) is 10.1 Å². The number of ether oxygens (including phenoxy) is 1. The van der Waals surface area contributed by atoms with Crippen LogP contribution in [0.4, 0.5) is 11.4 Å². The maximum Gasteiger partial charge on any atom is 0.293 e. The molecule has 32 heavy (non-hydrogen) atoms. The number of rotatable bonds is 9. The number of sulfonamides is 1. The van der Waals surface area contributed by atoms with E-state index in [1.165, 1.54) is 16.4 Å². The third-order valence-corrected chi connectivity index (χ3v) is 7.62. The van der Waals surface area contributed by atoms with Crippen molar-refractivity contribution in [3.8, 4) is 5.75 Å². The molecule has 1 N–H and O–H groups in total. The summed E-state index contributed by atoms with van der Waals surface area (Å²) in [7, 11) is 1.72. The van der Waals surface area contributed by atoms with Gasteiger partial charge in [0.05, 0.1) is 23.0 Å². The fourth-order valence-corrected chi connectivity index (χ4v) is 5.40. The highest BCUT2D eigenvalue weighted by atomic mass is 32.2. The Morgan fingerprint density at radius 1 is 1.12 bits per heavy atom. The van der Waals surface area contributed by atoms with Gasteiger partial charge in [-0.25, -0.2) is 8.42 Å². The van der Waals surface area contributed by atoms with Gasteiger partial charge in [-0.2, -0.15) is 4.31 Å². The maximum absolute atomic E-state index is 12.9. The fourth-order valence-electron chi connectivity index (χ4n) is 3.86. The van der Waals surface area contributed by atoms with Gasteiger partial charge in [0.1, 0.15) is 11.4 Å². The smallest absolute Gasteiger partial charge is 0.293 e. The first-order chi connectivity index (χ1) is 15.2. The van der Waals surface area contributed by atoms with Crippen molar-refractivity contribution in [1.29, 1.82) is 0 Å². The molecule has 0 radical (unpaired) electrons. The van der Waals surface area contributed by atoms with Crippen molar-refractivity contribution in [3.63, 3.8) is 0 Å². The van der Waals surface area contributed by atoms with Crippen molar-refractivity contribution >= 4 is 21.4 Å². The van der Waals surface area contributed by atoms with Crippen LogP contribution in [-0.4, -0.2) is 63.4 Å². The first-order valence-corrected chi connectivity index (χ1v) is 12.0. The van der Waals surface area contributed by atoms with Crippen molar-refractivity contribution < 1.29 is 18.1 Å². The minimum absolute atomic E-state index is 0.0454. The molecule has 9 nitrogen and oxygen atoms in total. The predicted molar refractivity (Wildman–Crippen MR) is 124 cm³/mol. The van der Waals surface area contributed by atoms with E-state index in [0.717, 1.165) is 36.6 Å². The number of nitrogens with one attached hydrogen (secondary N) is 1. The lowest BCUT2D eigenvalue weighted by Crippen LogP contribution is -2.35. The van der Waals surface area contributed by atoms with E-state index < -0.39 is 14.9 Å². The van der Waals surface area contributed by atoms with Gasteiger partial charge >= 0.3 is 0 Å². The molecule has 0 saturated carbocycles. The second-order valence-electron chi connectivity index (χ2n) is 8.03. The van der Waals surface area contributed by atoms with E-state index in [4.69, 9.17) is 4.74 Å². The van der Waals surface area contributed by atoms with Crippen molar-refractivity contribution in [2.75, 3.05) is 46.2 Å². The van der Waals surface area contributed by atoms with E-state index in [0.29, 0.717) is 19.6 Å². The SMILES string of the molecule is COc1ccc(C(CNc2ccc(S(=O)(=O)N3CCCCC3)cc2[N+](=O)[O-])N(C)C)cc1. The molecule has 2 aromatic carbocycles. The summed E-state index contributed by atoms with van der Waals surface area (Å²) in [6.45, 7) is 1.30. The number of piperidine rings is 1. The van der Waals surface area contributed by atoms with Gasteiger partial charge in [-0.05, 0) is 56.8 Å². The maximum atomic E-state index is 12.9. The van der Waals surface area contributed by atoms with Gasteiger partial charge in [-0.3, -0.25) is 10.1 Å². The quantitative estimate of drug-likeness (QED) is 0.449. The molecule has 0 amide bonds. The highest BCUT2D eigenvalue weighted by Crippen LogP contribution is 2.31. The third-order valence-electron chi connectivity index (χ3n) is 5.73. The number of hydrogen-bond acceptors (Lipinski definition) is 7. The van der Waals surface area contributed by atoms with Crippen LogP contribution in [0.2, 0.25) is 0 Å². The predicted octanol–water partition coefficient (Wildman–Crippen LogP) is 3.49. The standard InChI is InChI=1S/C22H30N4O5S/c1-24(2)22(17-7-9-18(31-3)10-8-17)16-23-20-12-11-19(15-21(20)26(27)28)32(29,30)25-13-5-4-6-14-25/h7-12,15,22-23H,4-6,13-14,16H2,1-3H3. The summed E-state index contributed by atoms with van der Waals surface area (Å²) in [5.41, 5.74) is 1.05. The lowest BCUT2D eigenvalue weighted by Gasteiger charge is -2.26. The molecule has 0 aromatic heterocycles. The third kappa shape index (κ3) is 5.37. The number of hydrogen-bond donors (Lipinski definition) is 1. The summed E-state index contributed by atoms with van der Waals surface area (Å²) < 4.78 is 32.5. The molecule has 1 heterocycles. The second kappa shape index (κ2) is 10.3. The second-order valence-corrected chi connectivity index (χ2v) is 9.97. The highest BCUT2D eigenvalue weighted by molar-refractivity contribution is 7.89. The molecule has 1 fully saturated rings. The van der Waals surface area contributed by atoms with Gasteiger partial charge in [-0.15, -0.1) is 0 Å². The van der Waals surface area contributed by atoms with Crippen molar-refractivity contribution in [1.82, 2.24) is 9.21 Å². The zero-order valence-electron chi connectivity index (χ0n) is 18.7. The van der Waals surface area contributed by atoms with Crippen LogP contribution in [0.1, 0.15) is 30.9 Å². The van der Waals surface area contributed by atoms with E-state index in [1.807, 2.05) is 43.3 Å². The Labute approximate surface area is 189 Å². The zero-order valence-corrected chi connectivity index (χ0v) is 19.5. The highest BCUT2D eigenvalue weighted by Gasteiger charge is 2.28. The average molecular weight is 463 g/mol. The van der Waals surface area contributed by atoms with Crippen LogP contribution in [0.15, 0.2) is 47.4 Å². The lowest BCUT2D eigenvalue weighted by atomic mass is 10.1. The Bertz CT molecular complexity index is 1030. The summed E-state index contributed by atoms with van der Waals surface area (Å²) in [5, 5.41) is 14.9. The summed E-state index contributed by atoms with van der Waals surface area (Å²) >= 11 is 0. The molecular formula is C22H30N4O5S. The molecule has 1 unspecified atom stereocenters. The Balaban J connectivity index is 1.83. The minimum Gasteiger partial charge on any atom is -0.497 e. The van der Waals surface area contributed by atoms with Crippen LogP contribution in [0.3, 0.4) is 0 Å². The van der Waals surface area contributed by atoms with Gasteiger partial charge < -0.3 is 15.0 Å². The summed E-state index contributed by atoms with van der Waals surface area (Å²) in [6.07, 6.45) is 2.60. The number of likely N-dealkylation sites (N-methyl/N-ethyl adjacent to an activating group) is 1. The average Bonchev–Trinajstić information content (AvgIpc) is 2.80. The van der Waals surface area contributed by atoms with Gasteiger partial charge in [0, 0.05) is 25.7 Å². The van der Waals surface area contributed by atoms with Crippen molar-refractivity contribution in [2.45, 2.75) is 30.2 Å². The Hall–Kier alpha value is -2.69. The normalized spacial score (nSPS) is 16.0. The van der Waals surface area contributed by atoms with Crippen molar-refractivity contribution in [3.05, 3.63) is 58.1 Å². The fraction of sp³-hybridized carbons (Fsp3) is 0.455. The molecule has 1 atom stereocenters. The molecule has 1 aliphatic rings. The number of benzene rings is 2.